The van der Waals surface area contributed by atoms with Crippen LogP contribution in [0.15, 0.2) is 42.0 Å². The summed E-state index contributed by atoms with van der Waals surface area (Å²) in [5, 5.41) is 9.05. The minimum atomic E-state index is -0.00273. The Labute approximate surface area is 110 Å². The van der Waals surface area contributed by atoms with Gasteiger partial charge in [-0.3, -0.25) is 0 Å². The molecule has 94 valence electrons. The highest BCUT2D eigenvalue weighted by Crippen LogP contribution is 2.48. The summed E-state index contributed by atoms with van der Waals surface area (Å²) < 4.78 is 0. The van der Waals surface area contributed by atoms with Gasteiger partial charge in [-0.15, -0.1) is 0 Å². The van der Waals surface area contributed by atoms with Crippen molar-refractivity contribution in [3.63, 3.8) is 0 Å². The van der Waals surface area contributed by atoms with Gasteiger partial charge in [0, 0.05) is 0 Å². The van der Waals surface area contributed by atoms with Gasteiger partial charge in [-0.05, 0) is 44.1 Å². The molecule has 0 radical (unpaired) electrons. The zero-order valence-corrected chi connectivity index (χ0v) is 11.3. The van der Waals surface area contributed by atoms with E-state index in [0.717, 1.165) is 25.7 Å². The van der Waals surface area contributed by atoms with Crippen LogP contribution in [0.25, 0.3) is 0 Å². The Morgan fingerprint density at radius 2 is 2.06 bits per heavy atom. The molecule has 0 saturated heterocycles. The molecule has 1 atom stereocenters. The van der Waals surface area contributed by atoms with Gasteiger partial charge in [0.05, 0.1) is 11.5 Å². The smallest absolute Gasteiger partial charge is 0.0693 e. The van der Waals surface area contributed by atoms with Gasteiger partial charge >= 0.3 is 0 Å². The van der Waals surface area contributed by atoms with E-state index < -0.39 is 0 Å². The maximum atomic E-state index is 9.05. The minimum Gasteiger partial charge on any atom is -0.198 e. The first-order valence-corrected chi connectivity index (χ1v) is 6.77. The number of nitrogens with zero attached hydrogens (tertiary/aromatic N) is 1. The van der Waals surface area contributed by atoms with Crippen molar-refractivity contribution in [1.29, 1.82) is 5.26 Å². The van der Waals surface area contributed by atoms with Crippen LogP contribution in [-0.4, -0.2) is 0 Å². The first kappa shape index (κ1) is 12.9. The predicted octanol–water partition coefficient (Wildman–Crippen LogP) is 4.82. The average molecular weight is 239 g/mol. The highest BCUT2D eigenvalue weighted by atomic mass is 14.5. The molecule has 1 aromatic carbocycles. The number of nitriles is 1. The zero-order valence-electron chi connectivity index (χ0n) is 11.3. The molecule has 1 saturated carbocycles. The van der Waals surface area contributed by atoms with Crippen molar-refractivity contribution >= 4 is 0 Å². The summed E-state index contributed by atoms with van der Waals surface area (Å²) in [5.41, 5.74) is 2.80. The molecule has 0 heterocycles. The van der Waals surface area contributed by atoms with Gasteiger partial charge in [-0.25, -0.2) is 0 Å². The summed E-state index contributed by atoms with van der Waals surface area (Å²) in [6.07, 6.45) is 6.47. The Balaban J connectivity index is 1.89. The van der Waals surface area contributed by atoms with Crippen LogP contribution in [-0.2, 0) is 0 Å². The van der Waals surface area contributed by atoms with E-state index in [1.54, 1.807) is 0 Å². The fourth-order valence-electron chi connectivity index (χ4n) is 2.35. The van der Waals surface area contributed by atoms with E-state index in [0.29, 0.717) is 5.92 Å². The minimum absolute atomic E-state index is 0.00273. The van der Waals surface area contributed by atoms with Crippen LogP contribution in [0.5, 0.6) is 0 Å². The number of rotatable bonds is 5. The van der Waals surface area contributed by atoms with E-state index in [-0.39, 0.29) is 5.41 Å². The predicted molar refractivity (Wildman–Crippen MR) is 75.1 cm³/mol. The quantitative estimate of drug-likeness (QED) is 0.676. The fourth-order valence-corrected chi connectivity index (χ4v) is 2.35. The summed E-state index contributed by atoms with van der Waals surface area (Å²) in [7, 11) is 0. The van der Waals surface area contributed by atoms with Gasteiger partial charge in [0.2, 0.25) is 0 Å². The van der Waals surface area contributed by atoms with Gasteiger partial charge < -0.3 is 0 Å². The third kappa shape index (κ3) is 3.23. The SMILES string of the molecule is C/C(=C\CC1(C#N)CC1)CC(C)c1ccccc1. The molecule has 1 aromatic rings. The first-order chi connectivity index (χ1) is 8.65. The normalized spacial score (nSPS) is 19.1. The molecule has 1 heteroatoms. The van der Waals surface area contributed by atoms with Crippen molar-refractivity contribution in [3.05, 3.63) is 47.5 Å². The number of allylic oxidation sites excluding steroid dienone is 2. The number of hydrogen-bond acceptors (Lipinski definition) is 1. The standard InChI is InChI=1S/C17H21N/c1-14(8-9-17(13-18)10-11-17)12-15(2)16-6-4-3-5-7-16/h3-8,15H,9-12H2,1-2H3/b14-8+. The summed E-state index contributed by atoms with van der Waals surface area (Å²) in [6, 6.07) is 13.1. The van der Waals surface area contributed by atoms with Crippen LogP contribution < -0.4 is 0 Å². The van der Waals surface area contributed by atoms with E-state index in [2.05, 4.69) is 56.3 Å². The molecule has 1 unspecified atom stereocenters. The lowest BCUT2D eigenvalue weighted by Crippen LogP contribution is -1.96. The largest absolute Gasteiger partial charge is 0.198 e. The third-order valence-corrected chi connectivity index (χ3v) is 3.93. The van der Waals surface area contributed by atoms with Crippen molar-refractivity contribution in [2.24, 2.45) is 5.41 Å². The molecule has 1 aliphatic carbocycles. The molecular formula is C17H21N. The van der Waals surface area contributed by atoms with Crippen molar-refractivity contribution in [2.75, 3.05) is 0 Å². The number of benzene rings is 1. The molecule has 2 rings (SSSR count). The van der Waals surface area contributed by atoms with E-state index in [9.17, 15) is 0 Å². The molecule has 0 amide bonds. The highest BCUT2D eigenvalue weighted by Gasteiger charge is 2.41. The molecule has 1 fully saturated rings. The second-order valence-corrected chi connectivity index (χ2v) is 5.66. The van der Waals surface area contributed by atoms with E-state index in [4.69, 9.17) is 5.26 Å². The Morgan fingerprint density at radius 3 is 2.61 bits per heavy atom. The number of hydrogen-bond donors (Lipinski definition) is 0. The van der Waals surface area contributed by atoms with Crippen LogP contribution in [0, 0.1) is 16.7 Å². The summed E-state index contributed by atoms with van der Waals surface area (Å²) in [4.78, 5) is 0. The summed E-state index contributed by atoms with van der Waals surface area (Å²) in [5.74, 6) is 0.555. The second kappa shape index (κ2) is 5.40. The van der Waals surface area contributed by atoms with Crippen LogP contribution in [0.3, 0.4) is 0 Å². The highest BCUT2D eigenvalue weighted by molar-refractivity contribution is 5.21. The summed E-state index contributed by atoms with van der Waals surface area (Å²) >= 11 is 0. The molecule has 0 N–H and O–H groups in total. The zero-order chi connectivity index (χ0) is 13.0. The Morgan fingerprint density at radius 1 is 1.39 bits per heavy atom. The van der Waals surface area contributed by atoms with E-state index in [1.165, 1.54) is 11.1 Å². The lowest BCUT2D eigenvalue weighted by Gasteiger charge is -2.12. The van der Waals surface area contributed by atoms with E-state index >= 15 is 0 Å². The Bertz CT molecular complexity index is 460. The maximum absolute atomic E-state index is 9.05. The molecule has 0 spiro atoms. The Hall–Kier alpha value is -1.55. The molecule has 18 heavy (non-hydrogen) atoms. The Kier molecular flexibility index (Phi) is 3.87. The van der Waals surface area contributed by atoms with Gasteiger partial charge in [-0.2, -0.15) is 5.26 Å². The topological polar surface area (TPSA) is 23.8 Å². The van der Waals surface area contributed by atoms with Crippen LogP contribution in [0.4, 0.5) is 0 Å². The van der Waals surface area contributed by atoms with Crippen LogP contribution in [0.1, 0.15) is 51.0 Å². The summed E-state index contributed by atoms with van der Waals surface area (Å²) in [6.45, 7) is 4.46. The van der Waals surface area contributed by atoms with Crippen molar-refractivity contribution < 1.29 is 0 Å². The van der Waals surface area contributed by atoms with Crippen LogP contribution in [0.2, 0.25) is 0 Å². The lowest BCUT2D eigenvalue weighted by atomic mass is 9.93. The maximum Gasteiger partial charge on any atom is 0.0693 e. The van der Waals surface area contributed by atoms with Crippen LogP contribution >= 0.6 is 0 Å². The van der Waals surface area contributed by atoms with Gasteiger partial charge in [0.1, 0.15) is 0 Å². The molecule has 0 aromatic heterocycles. The first-order valence-electron chi connectivity index (χ1n) is 6.77. The van der Waals surface area contributed by atoms with Gasteiger partial charge in [-0.1, -0.05) is 48.9 Å². The van der Waals surface area contributed by atoms with Crippen molar-refractivity contribution in [1.82, 2.24) is 0 Å². The fraction of sp³-hybridized carbons (Fsp3) is 0.471. The average Bonchev–Trinajstić information content (AvgIpc) is 3.18. The second-order valence-electron chi connectivity index (χ2n) is 5.66. The molecule has 0 bridgehead atoms. The van der Waals surface area contributed by atoms with Crippen molar-refractivity contribution in [2.45, 2.75) is 45.4 Å². The molecule has 0 aliphatic heterocycles. The molecule has 1 aliphatic rings. The molecule has 1 nitrogen and oxygen atoms in total. The monoisotopic (exact) mass is 239 g/mol. The van der Waals surface area contributed by atoms with Gasteiger partial charge in [0.25, 0.3) is 0 Å². The lowest BCUT2D eigenvalue weighted by molar-refractivity contribution is 0.671. The molecular weight excluding hydrogens is 218 g/mol. The third-order valence-electron chi connectivity index (χ3n) is 3.93. The van der Waals surface area contributed by atoms with E-state index in [1.807, 2.05) is 0 Å². The van der Waals surface area contributed by atoms with Crippen molar-refractivity contribution in [3.8, 4) is 6.07 Å². The van der Waals surface area contributed by atoms with Gasteiger partial charge in [0.15, 0.2) is 0 Å².